The van der Waals surface area contributed by atoms with Gasteiger partial charge in [0.15, 0.2) is 5.16 Å². The third-order valence-corrected chi connectivity index (χ3v) is 8.38. The van der Waals surface area contributed by atoms with Gasteiger partial charge in [-0.15, -0.1) is 28.2 Å². The van der Waals surface area contributed by atoms with Crippen molar-refractivity contribution in [2.45, 2.75) is 36.5 Å². The van der Waals surface area contributed by atoms with Crippen LogP contribution in [0.3, 0.4) is 0 Å². The van der Waals surface area contributed by atoms with Crippen molar-refractivity contribution in [1.82, 2.24) is 25.0 Å². The number of aliphatic carboxylic acids is 1. The second-order valence-electron chi connectivity index (χ2n) is 7.14. The van der Waals surface area contributed by atoms with Crippen molar-refractivity contribution >= 4 is 52.6 Å². The molecule has 3 N–H and O–H groups in total. The van der Waals surface area contributed by atoms with Crippen LogP contribution >= 0.6 is 34.9 Å². The third-order valence-electron chi connectivity index (χ3n) is 5.10. The average Bonchev–Trinajstić information content (AvgIpc) is 3.30. The number of rotatable bonds is 8. The van der Waals surface area contributed by atoms with E-state index in [4.69, 9.17) is 0 Å². The van der Waals surface area contributed by atoms with Crippen LogP contribution in [0, 0.1) is 0 Å². The van der Waals surface area contributed by atoms with Gasteiger partial charge in [0.25, 0.3) is 5.91 Å². The van der Waals surface area contributed by atoms with E-state index in [9.17, 15) is 29.1 Å². The number of hydrogen-bond acceptors (Lipinski definition) is 9. The minimum Gasteiger partial charge on any atom is -0.477 e. The molecule has 2 aliphatic heterocycles. The molecule has 4 rings (SSSR count). The summed E-state index contributed by atoms with van der Waals surface area (Å²) >= 11 is 3.92. The average molecular weight is 510 g/mol. The molecule has 2 atom stereocenters. The maximum absolute atomic E-state index is 12.7. The van der Waals surface area contributed by atoms with E-state index in [1.807, 2.05) is 17.5 Å². The third kappa shape index (κ3) is 4.50. The van der Waals surface area contributed by atoms with Gasteiger partial charge in [0.1, 0.15) is 17.1 Å². The summed E-state index contributed by atoms with van der Waals surface area (Å²) in [4.78, 5) is 62.6. The van der Waals surface area contributed by atoms with Crippen LogP contribution in [0.4, 0.5) is 0 Å². The zero-order valence-electron chi connectivity index (χ0n) is 17.3. The van der Waals surface area contributed by atoms with E-state index in [0.717, 1.165) is 16.6 Å². The van der Waals surface area contributed by atoms with Gasteiger partial charge in [0.2, 0.25) is 5.91 Å². The van der Waals surface area contributed by atoms with Crippen LogP contribution in [-0.4, -0.2) is 65.5 Å². The number of carbonyl (C=O) groups excluding carboxylic acids is 2. The van der Waals surface area contributed by atoms with Gasteiger partial charge in [0.05, 0.1) is 6.42 Å². The smallest absolute Gasteiger partial charge is 0.352 e. The maximum atomic E-state index is 12.7. The quantitative estimate of drug-likeness (QED) is 0.255. The number of aromatic amines is 1. The highest BCUT2D eigenvalue weighted by Gasteiger charge is 2.54. The predicted octanol–water partition coefficient (Wildman–Crippen LogP) is 0.0864. The molecule has 0 unspecified atom stereocenters. The number of thioether (sulfide) groups is 2. The zero-order chi connectivity index (χ0) is 23.7. The lowest BCUT2D eigenvalue weighted by atomic mass is 10.0. The van der Waals surface area contributed by atoms with E-state index in [1.165, 1.54) is 32.6 Å². The van der Waals surface area contributed by atoms with Gasteiger partial charge >= 0.3 is 17.1 Å². The molecule has 0 aromatic carbocycles. The van der Waals surface area contributed by atoms with Gasteiger partial charge in [-0.3, -0.25) is 28.6 Å². The normalized spacial score (nSPS) is 19.8. The van der Waals surface area contributed by atoms with Gasteiger partial charge in [-0.05, 0) is 23.9 Å². The monoisotopic (exact) mass is 509 g/mol. The molecule has 14 heteroatoms. The van der Waals surface area contributed by atoms with E-state index in [2.05, 4.69) is 15.5 Å². The molecular weight excluding hydrogens is 490 g/mol. The standard InChI is InChI=1S/C19H19N5O6S3/c1-2-23-16(28)14(26)21-22-19(23)33-8-9-7-32-17-12(15(27)24(17)13(9)18(29)30)20-11(25)6-10-4-3-5-31-10/h3-5,12,17H,2,6-8H2,1H3,(H,20,25)(H,21,26)(H,29,30)/t12-,17-/m1/s1. The van der Waals surface area contributed by atoms with Gasteiger partial charge in [-0.2, -0.15) is 0 Å². The predicted molar refractivity (Wildman–Crippen MR) is 123 cm³/mol. The van der Waals surface area contributed by atoms with E-state index in [-0.39, 0.29) is 35.5 Å². The minimum atomic E-state index is -1.24. The Bertz CT molecular complexity index is 1250. The summed E-state index contributed by atoms with van der Waals surface area (Å²) in [5, 5.41) is 20.1. The van der Waals surface area contributed by atoms with Crippen LogP contribution in [0.1, 0.15) is 11.8 Å². The Morgan fingerprint density at radius 3 is 2.82 bits per heavy atom. The van der Waals surface area contributed by atoms with Gasteiger partial charge in [0, 0.05) is 22.9 Å². The topological polar surface area (TPSA) is 154 Å². The van der Waals surface area contributed by atoms with Crippen LogP contribution in [0.25, 0.3) is 0 Å². The number of aromatic nitrogens is 3. The molecule has 174 valence electrons. The Hall–Kier alpha value is -2.84. The summed E-state index contributed by atoms with van der Waals surface area (Å²) in [5.74, 6) is -1.51. The molecule has 4 heterocycles. The van der Waals surface area contributed by atoms with Crippen molar-refractivity contribution in [3.63, 3.8) is 0 Å². The number of carboxylic acid groups (broad SMARTS) is 1. The highest BCUT2D eigenvalue weighted by atomic mass is 32.2. The second kappa shape index (κ2) is 9.57. The first-order chi connectivity index (χ1) is 15.8. The van der Waals surface area contributed by atoms with E-state index in [0.29, 0.717) is 11.3 Å². The number of carbonyl (C=O) groups is 3. The molecule has 2 aromatic heterocycles. The SMILES string of the molecule is CCn1c(SCC2=C(C(=O)O)N3C(=O)[C@@H](NC(=O)Cc4cccs4)[C@H]3SC2)n[nH]c(=O)c1=O. The van der Waals surface area contributed by atoms with Crippen LogP contribution in [0.15, 0.2) is 43.5 Å². The van der Waals surface area contributed by atoms with Crippen molar-refractivity contribution in [2.24, 2.45) is 0 Å². The van der Waals surface area contributed by atoms with E-state index >= 15 is 0 Å². The molecule has 0 aliphatic carbocycles. The zero-order valence-corrected chi connectivity index (χ0v) is 19.7. The minimum absolute atomic E-state index is 0.116. The fourth-order valence-corrected chi connectivity index (χ4v) is 6.75. The lowest BCUT2D eigenvalue weighted by Crippen LogP contribution is -2.70. The first-order valence-electron chi connectivity index (χ1n) is 9.85. The van der Waals surface area contributed by atoms with Gasteiger partial charge in [-0.25, -0.2) is 9.89 Å². The summed E-state index contributed by atoms with van der Waals surface area (Å²) in [6.45, 7) is 1.93. The number of fused-ring (bicyclic) bond motifs is 1. The number of β-lactam (4-membered cyclic amide) rings is 1. The number of nitrogens with one attached hydrogen (secondary N) is 2. The van der Waals surface area contributed by atoms with Crippen molar-refractivity contribution in [3.8, 4) is 0 Å². The lowest BCUT2D eigenvalue weighted by Gasteiger charge is -2.49. The number of carboxylic acids is 1. The summed E-state index contributed by atoms with van der Waals surface area (Å²) in [6.07, 6.45) is 0.160. The van der Waals surface area contributed by atoms with Crippen molar-refractivity contribution < 1.29 is 19.5 Å². The molecule has 0 radical (unpaired) electrons. The Morgan fingerprint density at radius 1 is 1.36 bits per heavy atom. The summed E-state index contributed by atoms with van der Waals surface area (Å²) in [6, 6.07) is 2.89. The van der Waals surface area contributed by atoms with Crippen molar-refractivity contribution in [2.75, 3.05) is 11.5 Å². The van der Waals surface area contributed by atoms with Gasteiger partial charge < -0.3 is 10.4 Å². The highest BCUT2D eigenvalue weighted by molar-refractivity contribution is 8.01. The van der Waals surface area contributed by atoms with Crippen molar-refractivity contribution in [1.29, 1.82) is 0 Å². The number of thiophene rings is 1. The number of amides is 2. The van der Waals surface area contributed by atoms with Gasteiger partial charge in [-0.1, -0.05) is 17.8 Å². The van der Waals surface area contributed by atoms with Crippen molar-refractivity contribution in [3.05, 3.63) is 54.4 Å². The van der Waals surface area contributed by atoms with Crippen LogP contribution in [-0.2, 0) is 27.3 Å². The molecule has 2 amide bonds. The molecular formula is C19H19N5O6S3. The Kier molecular flexibility index (Phi) is 6.76. The molecule has 1 fully saturated rings. The summed E-state index contributed by atoms with van der Waals surface area (Å²) in [5.41, 5.74) is -1.19. The molecule has 11 nitrogen and oxygen atoms in total. The number of nitrogens with zero attached hydrogens (tertiary/aromatic N) is 3. The van der Waals surface area contributed by atoms with Crippen LogP contribution in [0.5, 0.6) is 0 Å². The number of H-pyrrole nitrogens is 1. The van der Waals surface area contributed by atoms with Crippen LogP contribution < -0.4 is 16.4 Å². The lowest BCUT2D eigenvalue weighted by molar-refractivity contribution is -0.150. The highest BCUT2D eigenvalue weighted by Crippen LogP contribution is 2.41. The molecule has 2 aliphatic rings. The summed E-state index contributed by atoms with van der Waals surface area (Å²) < 4.78 is 1.21. The Morgan fingerprint density at radius 2 is 2.15 bits per heavy atom. The van der Waals surface area contributed by atoms with Crippen LogP contribution in [0.2, 0.25) is 0 Å². The first-order valence-corrected chi connectivity index (χ1v) is 12.8. The molecule has 1 saturated heterocycles. The fourth-order valence-electron chi connectivity index (χ4n) is 3.55. The fraction of sp³-hybridized carbons (Fsp3) is 0.368. The Labute approximate surface area is 199 Å². The summed E-state index contributed by atoms with van der Waals surface area (Å²) in [7, 11) is 0. The molecule has 0 saturated carbocycles. The first kappa shape index (κ1) is 23.3. The largest absolute Gasteiger partial charge is 0.477 e. The molecule has 33 heavy (non-hydrogen) atoms. The molecule has 0 spiro atoms. The maximum Gasteiger partial charge on any atom is 0.352 e. The second-order valence-corrected chi connectivity index (χ2v) is 10.2. The molecule has 0 bridgehead atoms. The molecule has 2 aromatic rings. The number of hydrogen-bond donors (Lipinski definition) is 3. The van der Waals surface area contributed by atoms with E-state index in [1.54, 1.807) is 6.92 Å². The van der Waals surface area contributed by atoms with E-state index < -0.39 is 34.4 Å². The Balaban J connectivity index is 1.49.